The maximum Gasteiger partial charge on any atom is 0.191 e. The SMILES string of the molecule is CCNC(=NCCc1csc(C(C)C)n1)NC1CC1C. The van der Waals surface area contributed by atoms with Gasteiger partial charge in [-0.05, 0) is 19.3 Å². The van der Waals surface area contributed by atoms with Gasteiger partial charge in [-0.25, -0.2) is 4.98 Å². The smallest absolute Gasteiger partial charge is 0.191 e. The minimum atomic E-state index is 0.521. The molecule has 20 heavy (non-hydrogen) atoms. The maximum absolute atomic E-state index is 4.65. The van der Waals surface area contributed by atoms with Crippen LogP contribution in [0.4, 0.5) is 0 Å². The molecule has 2 N–H and O–H groups in total. The van der Waals surface area contributed by atoms with Gasteiger partial charge in [0.25, 0.3) is 0 Å². The molecule has 1 heterocycles. The Morgan fingerprint density at radius 1 is 1.55 bits per heavy atom. The van der Waals surface area contributed by atoms with Crippen LogP contribution in [-0.2, 0) is 6.42 Å². The Balaban J connectivity index is 1.82. The van der Waals surface area contributed by atoms with Crippen molar-refractivity contribution in [2.75, 3.05) is 13.1 Å². The number of rotatable bonds is 6. The van der Waals surface area contributed by atoms with Crippen molar-refractivity contribution in [1.29, 1.82) is 0 Å². The summed E-state index contributed by atoms with van der Waals surface area (Å²) in [4.78, 5) is 9.28. The molecule has 2 atom stereocenters. The first-order valence-electron chi connectivity index (χ1n) is 7.59. The lowest BCUT2D eigenvalue weighted by Gasteiger charge is -2.10. The van der Waals surface area contributed by atoms with Gasteiger partial charge in [0.2, 0.25) is 0 Å². The number of thiazole rings is 1. The second-order valence-electron chi connectivity index (χ2n) is 5.81. The average molecular weight is 294 g/mol. The number of aromatic nitrogens is 1. The van der Waals surface area contributed by atoms with E-state index in [1.807, 2.05) is 0 Å². The van der Waals surface area contributed by atoms with Gasteiger partial charge in [0, 0.05) is 36.9 Å². The molecular weight excluding hydrogens is 268 g/mol. The lowest BCUT2D eigenvalue weighted by atomic mass is 10.2. The Labute approximate surface area is 126 Å². The van der Waals surface area contributed by atoms with Gasteiger partial charge in [-0.15, -0.1) is 11.3 Å². The summed E-state index contributed by atoms with van der Waals surface area (Å²) in [7, 11) is 0. The summed E-state index contributed by atoms with van der Waals surface area (Å²) in [6.45, 7) is 10.4. The fraction of sp³-hybridized carbons (Fsp3) is 0.733. The summed E-state index contributed by atoms with van der Waals surface area (Å²) >= 11 is 1.76. The normalized spacial score (nSPS) is 22.1. The highest BCUT2D eigenvalue weighted by molar-refractivity contribution is 7.09. The van der Waals surface area contributed by atoms with E-state index in [-0.39, 0.29) is 0 Å². The van der Waals surface area contributed by atoms with Crippen LogP contribution in [0, 0.1) is 5.92 Å². The predicted molar refractivity (Wildman–Crippen MR) is 86.6 cm³/mol. The molecule has 1 saturated carbocycles. The molecule has 0 radical (unpaired) electrons. The van der Waals surface area contributed by atoms with Crippen LogP contribution in [-0.4, -0.2) is 30.1 Å². The third-order valence-corrected chi connectivity index (χ3v) is 4.67. The van der Waals surface area contributed by atoms with E-state index in [4.69, 9.17) is 0 Å². The summed E-state index contributed by atoms with van der Waals surface area (Å²) in [5, 5.41) is 10.2. The Kier molecular flexibility index (Phi) is 5.40. The van der Waals surface area contributed by atoms with Gasteiger partial charge in [0.15, 0.2) is 5.96 Å². The molecule has 0 aromatic carbocycles. The molecule has 1 aliphatic carbocycles. The van der Waals surface area contributed by atoms with Crippen molar-refractivity contribution >= 4 is 17.3 Å². The molecular formula is C15H26N4S. The third kappa shape index (κ3) is 4.47. The van der Waals surface area contributed by atoms with Crippen LogP contribution in [0.1, 0.15) is 50.7 Å². The van der Waals surface area contributed by atoms with Crippen molar-refractivity contribution in [3.8, 4) is 0 Å². The van der Waals surface area contributed by atoms with Crippen molar-refractivity contribution in [3.63, 3.8) is 0 Å². The highest BCUT2D eigenvalue weighted by atomic mass is 32.1. The molecule has 0 amide bonds. The molecule has 4 nitrogen and oxygen atoms in total. The second kappa shape index (κ2) is 7.07. The van der Waals surface area contributed by atoms with Crippen LogP contribution >= 0.6 is 11.3 Å². The zero-order valence-corrected chi connectivity index (χ0v) is 13.8. The number of nitrogens with one attached hydrogen (secondary N) is 2. The molecule has 0 saturated heterocycles. The van der Waals surface area contributed by atoms with Crippen LogP contribution in [0.2, 0.25) is 0 Å². The number of nitrogens with zero attached hydrogens (tertiary/aromatic N) is 2. The van der Waals surface area contributed by atoms with Crippen molar-refractivity contribution in [1.82, 2.24) is 15.6 Å². The van der Waals surface area contributed by atoms with Crippen LogP contribution < -0.4 is 10.6 Å². The standard InChI is InChI=1S/C15H26N4S/c1-5-16-15(19-13-8-11(13)4)17-7-6-12-9-20-14(18-12)10(2)3/h9-11,13H,5-8H2,1-4H3,(H2,16,17,19). The highest BCUT2D eigenvalue weighted by Crippen LogP contribution is 2.28. The van der Waals surface area contributed by atoms with Crippen LogP contribution in [0.15, 0.2) is 10.4 Å². The molecule has 0 spiro atoms. The molecule has 2 rings (SSSR count). The lowest BCUT2D eigenvalue weighted by molar-refractivity contribution is 0.763. The van der Waals surface area contributed by atoms with Gasteiger partial charge in [-0.2, -0.15) is 0 Å². The molecule has 0 aliphatic heterocycles. The fourth-order valence-electron chi connectivity index (χ4n) is 2.00. The maximum atomic E-state index is 4.65. The van der Waals surface area contributed by atoms with Crippen molar-refractivity contribution in [2.24, 2.45) is 10.9 Å². The zero-order valence-electron chi connectivity index (χ0n) is 12.9. The first-order chi connectivity index (χ1) is 9.60. The van der Waals surface area contributed by atoms with Gasteiger partial charge in [0.1, 0.15) is 0 Å². The second-order valence-corrected chi connectivity index (χ2v) is 6.70. The number of aliphatic imine (C=N–C) groups is 1. The largest absolute Gasteiger partial charge is 0.357 e. The van der Waals surface area contributed by atoms with E-state index in [1.165, 1.54) is 11.4 Å². The minimum Gasteiger partial charge on any atom is -0.357 e. The molecule has 1 aromatic rings. The first-order valence-corrected chi connectivity index (χ1v) is 8.47. The van der Waals surface area contributed by atoms with Crippen molar-refractivity contribution < 1.29 is 0 Å². The minimum absolute atomic E-state index is 0.521. The summed E-state index contributed by atoms with van der Waals surface area (Å²) in [5.41, 5.74) is 1.16. The monoisotopic (exact) mass is 294 g/mol. The topological polar surface area (TPSA) is 49.3 Å². The predicted octanol–water partition coefficient (Wildman–Crippen LogP) is 2.77. The highest BCUT2D eigenvalue weighted by Gasteiger charge is 2.33. The van der Waals surface area contributed by atoms with E-state index in [1.54, 1.807) is 11.3 Å². The molecule has 5 heteroatoms. The van der Waals surface area contributed by atoms with E-state index < -0.39 is 0 Å². The average Bonchev–Trinajstić information content (AvgIpc) is 2.91. The van der Waals surface area contributed by atoms with Crippen molar-refractivity contribution in [3.05, 3.63) is 16.1 Å². The van der Waals surface area contributed by atoms with E-state index in [0.717, 1.165) is 37.1 Å². The Hall–Kier alpha value is -1.10. The first kappa shape index (κ1) is 15.3. The quantitative estimate of drug-likeness (QED) is 0.626. The third-order valence-electron chi connectivity index (χ3n) is 3.48. The van der Waals surface area contributed by atoms with Gasteiger partial charge < -0.3 is 10.6 Å². The molecule has 1 aromatic heterocycles. The lowest BCUT2D eigenvalue weighted by Crippen LogP contribution is -2.39. The van der Waals surface area contributed by atoms with Gasteiger partial charge in [0.05, 0.1) is 10.7 Å². The van der Waals surface area contributed by atoms with Crippen molar-refractivity contribution in [2.45, 2.75) is 52.5 Å². The van der Waals surface area contributed by atoms with Gasteiger partial charge in [-0.3, -0.25) is 4.99 Å². The number of hydrogen-bond acceptors (Lipinski definition) is 3. The zero-order chi connectivity index (χ0) is 14.5. The van der Waals surface area contributed by atoms with Gasteiger partial charge >= 0.3 is 0 Å². The Morgan fingerprint density at radius 3 is 2.85 bits per heavy atom. The number of guanidine groups is 1. The van der Waals surface area contributed by atoms with E-state index in [9.17, 15) is 0 Å². The molecule has 112 valence electrons. The van der Waals surface area contributed by atoms with Crippen LogP contribution in [0.3, 0.4) is 0 Å². The Bertz CT molecular complexity index is 452. The number of hydrogen-bond donors (Lipinski definition) is 2. The van der Waals surface area contributed by atoms with E-state index in [0.29, 0.717) is 12.0 Å². The van der Waals surface area contributed by atoms with E-state index in [2.05, 4.69) is 53.7 Å². The summed E-state index contributed by atoms with van der Waals surface area (Å²) in [5.74, 6) is 2.25. The molecule has 2 unspecified atom stereocenters. The summed E-state index contributed by atoms with van der Waals surface area (Å²) < 4.78 is 0. The molecule has 0 bridgehead atoms. The molecule has 1 aliphatic rings. The molecule has 1 fully saturated rings. The Morgan fingerprint density at radius 2 is 2.30 bits per heavy atom. The van der Waals surface area contributed by atoms with Gasteiger partial charge in [-0.1, -0.05) is 20.8 Å². The van der Waals surface area contributed by atoms with E-state index >= 15 is 0 Å². The fourth-order valence-corrected chi connectivity index (χ4v) is 2.87. The summed E-state index contributed by atoms with van der Waals surface area (Å²) in [6, 6.07) is 0.611. The summed E-state index contributed by atoms with van der Waals surface area (Å²) in [6.07, 6.45) is 2.17. The van der Waals surface area contributed by atoms with Crippen LogP contribution in [0.25, 0.3) is 0 Å². The van der Waals surface area contributed by atoms with Crippen LogP contribution in [0.5, 0.6) is 0 Å².